The van der Waals surface area contributed by atoms with Gasteiger partial charge >= 0.3 is 0 Å². The molecule has 142 valence electrons. The first-order valence-corrected chi connectivity index (χ1v) is 8.84. The van der Waals surface area contributed by atoms with Gasteiger partial charge in [-0.2, -0.15) is 0 Å². The lowest BCUT2D eigenvalue weighted by atomic mass is 10.2. The predicted octanol–water partition coefficient (Wildman–Crippen LogP) is 4.39. The van der Waals surface area contributed by atoms with E-state index < -0.39 is 0 Å². The van der Waals surface area contributed by atoms with Crippen molar-refractivity contribution in [2.45, 2.75) is 13.8 Å². The Kier molecular flexibility index (Phi) is 5.86. The van der Waals surface area contributed by atoms with Crippen molar-refractivity contribution in [3.8, 4) is 0 Å². The number of carbonyl (C=O) groups excluding carboxylic acids is 2. The zero-order valence-electron chi connectivity index (χ0n) is 15.3. The van der Waals surface area contributed by atoms with Gasteiger partial charge in [-0.3, -0.25) is 9.59 Å². The first kappa shape index (κ1) is 19.3. The van der Waals surface area contributed by atoms with Crippen molar-refractivity contribution < 1.29 is 9.59 Å². The maximum Gasteiger partial charge on any atom is 0.274 e. The molecule has 2 aromatic carbocycles. The number of hydrogen-bond donors (Lipinski definition) is 3. The third kappa shape index (κ3) is 5.28. The fourth-order valence-corrected chi connectivity index (χ4v) is 2.66. The fraction of sp³-hybridized carbons (Fsp3) is 0.100. The van der Waals surface area contributed by atoms with Crippen LogP contribution in [0.5, 0.6) is 0 Å². The molecule has 2 amide bonds. The summed E-state index contributed by atoms with van der Waals surface area (Å²) < 4.78 is 0. The predicted molar refractivity (Wildman–Crippen MR) is 110 cm³/mol. The van der Waals surface area contributed by atoms with Gasteiger partial charge in [-0.05, 0) is 55.5 Å². The number of hydrogen-bond acceptors (Lipinski definition) is 5. The highest BCUT2D eigenvalue weighted by Gasteiger charge is 2.11. The van der Waals surface area contributed by atoms with Crippen LogP contribution in [0.15, 0.2) is 54.6 Å². The summed E-state index contributed by atoms with van der Waals surface area (Å²) in [4.78, 5) is 32.2. The maximum atomic E-state index is 12.6. The molecule has 0 radical (unpaired) electrons. The van der Waals surface area contributed by atoms with Gasteiger partial charge in [-0.1, -0.05) is 17.7 Å². The molecular weight excluding hydrogens is 378 g/mol. The van der Waals surface area contributed by atoms with Crippen LogP contribution in [0, 0.1) is 6.92 Å². The third-order valence-corrected chi connectivity index (χ3v) is 3.87. The molecule has 0 saturated heterocycles. The van der Waals surface area contributed by atoms with E-state index in [1.165, 1.54) is 6.92 Å². The Balaban J connectivity index is 1.74. The van der Waals surface area contributed by atoms with E-state index in [-0.39, 0.29) is 17.5 Å². The lowest BCUT2D eigenvalue weighted by molar-refractivity contribution is -0.114. The van der Waals surface area contributed by atoms with E-state index in [1.807, 2.05) is 6.07 Å². The van der Waals surface area contributed by atoms with E-state index in [0.717, 1.165) is 5.69 Å². The number of nitrogens with one attached hydrogen (secondary N) is 3. The molecule has 0 spiro atoms. The molecule has 0 bridgehead atoms. The number of aromatic nitrogens is 2. The van der Waals surface area contributed by atoms with Crippen LogP contribution in [0.4, 0.5) is 23.0 Å². The summed E-state index contributed by atoms with van der Waals surface area (Å²) in [7, 11) is 0. The van der Waals surface area contributed by atoms with Crippen molar-refractivity contribution in [2.24, 2.45) is 0 Å². The van der Waals surface area contributed by atoms with Crippen molar-refractivity contribution >= 4 is 46.4 Å². The van der Waals surface area contributed by atoms with Gasteiger partial charge in [0.1, 0.15) is 5.69 Å². The fourth-order valence-electron chi connectivity index (χ4n) is 2.47. The van der Waals surface area contributed by atoms with Crippen LogP contribution >= 0.6 is 11.6 Å². The Labute approximate surface area is 167 Å². The second-order valence-corrected chi connectivity index (χ2v) is 6.50. The first-order valence-electron chi connectivity index (χ1n) is 8.46. The molecule has 0 aliphatic heterocycles. The minimum Gasteiger partial charge on any atom is -0.326 e. The lowest BCUT2D eigenvalue weighted by Gasteiger charge is -2.10. The SMILES string of the molecule is CC(=O)Nc1ccc(NC(=O)c2cc(C)nc(Nc3cccc(Cl)c3)n2)cc1. The van der Waals surface area contributed by atoms with E-state index in [4.69, 9.17) is 11.6 Å². The van der Waals surface area contributed by atoms with E-state index in [0.29, 0.717) is 28.0 Å². The molecule has 3 rings (SSSR count). The van der Waals surface area contributed by atoms with Gasteiger partial charge in [0.2, 0.25) is 11.9 Å². The molecule has 3 N–H and O–H groups in total. The summed E-state index contributed by atoms with van der Waals surface area (Å²) in [6.07, 6.45) is 0. The normalized spacial score (nSPS) is 10.2. The molecule has 0 fully saturated rings. The van der Waals surface area contributed by atoms with Gasteiger partial charge in [0, 0.05) is 34.7 Å². The number of rotatable bonds is 5. The van der Waals surface area contributed by atoms with E-state index in [9.17, 15) is 9.59 Å². The number of anilines is 4. The van der Waals surface area contributed by atoms with Crippen LogP contribution in [0.2, 0.25) is 5.02 Å². The maximum absolute atomic E-state index is 12.6. The Bertz CT molecular complexity index is 1020. The van der Waals surface area contributed by atoms with Gasteiger partial charge < -0.3 is 16.0 Å². The van der Waals surface area contributed by atoms with Crippen LogP contribution in [0.3, 0.4) is 0 Å². The van der Waals surface area contributed by atoms with Crippen molar-refractivity contribution in [3.63, 3.8) is 0 Å². The van der Waals surface area contributed by atoms with E-state index in [2.05, 4.69) is 25.9 Å². The van der Waals surface area contributed by atoms with Crippen LogP contribution in [0.1, 0.15) is 23.1 Å². The first-order chi connectivity index (χ1) is 13.4. The number of nitrogens with zero attached hydrogens (tertiary/aromatic N) is 2. The quantitative estimate of drug-likeness (QED) is 0.595. The Morgan fingerprint density at radius 1 is 0.893 bits per heavy atom. The summed E-state index contributed by atoms with van der Waals surface area (Å²) in [6.45, 7) is 3.21. The molecular formula is C20H18ClN5O2. The monoisotopic (exact) mass is 395 g/mol. The van der Waals surface area contributed by atoms with Crippen molar-refractivity contribution in [1.82, 2.24) is 9.97 Å². The average Bonchev–Trinajstić information content (AvgIpc) is 2.62. The third-order valence-electron chi connectivity index (χ3n) is 3.63. The summed E-state index contributed by atoms with van der Waals surface area (Å²) >= 11 is 5.99. The summed E-state index contributed by atoms with van der Waals surface area (Å²) in [5, 5.41) is 9.07. The molecule has 28 heavy (non-hydrogen) atoms. The minimum absolute atomic E-state index is 0.159. The van der Waals surface area contributed by atoms with Crippen molar-refractivity contribution in [1.29, 1.82) is 0 Å². The summed E-state index contributed by atoms with van der Waals surface area (Å²) in [5.41, 5.74) is 2.82. The van der Waals surface area contributed by atoms with Crippen LogP contribution in [-0.4, -0.2) is 21.8 Å². The molecule has 1 aromatic heterocycles. The highest BCUT2D eigenvalue weighted by atomic mass is 35.5. The summed E-state index contributed by atoms with van der Waals surface area (Å²) in [5.74, 6) is -0.228. The minimum atomic E-state index is -0.369. The number of carbonyl (C=O) groups is 2. The molecule has 0 unspecified atom stereocenters. The number of halogens is 1. The molecule has 1 heterocycles. The van der Waals surface area contributed by atoms with Crippen LogP contribution in [0.25, 0.3) is 0 Å². The highest BCUT2D eigenvalue weighted by molar-refractivity contribution is 6.30. The van der Waals surface area contributed by atoms with E-state index >= 15 is 0 Å². The van der Waals surface area contributed by atoms with Crippen LogP contribution in [-0.2, 0) is 4.79 Å². The van der Waals surface area contributed by atoms with Gasteiger partial charge in [0.15, 0.2) is 0 Å². The van der Waals surface area contributed by atoms with E-state index in [1.54, 1.807) is 55.5 Å². The highest BCUT2D eigenvalue weighted by Crippen LogP contribution is 2.19. The second kappa shape index (κ2) is 8.49. The molecule has 3 aromatic rings. The molecule has 0 atom stereocenters. The van der Waals surface area contributed by atoms with Crippen molar-refractivity contribution in [3.05, 3.63) is 71.0 Å². The van der Waals surface area contributed by atoms with Crippen LogP contribution < -0.4 is 16.0 Å². The molecule has 8 heteroatoms. The molecule has 7 nitrogen and oxygen atoms in total. The lowest BCUT2D eigenvalue weighted by Crippen LogP contribution is -2.15. The second-order valence-electron chi connectivity index (χ2n) is 6.07. The van der Waals surface area contributed by atoms with Gasteiger partial charge in [0.25, 0.3) is 5.91 Å². The Morgan fingerprint density at radius 3 is 2.21 bits per heavy atom. The Hall–Kier alpha value is -3.45. The van der Waals surface area contributed by atoms with Gasteiger partial charge in [0.05, 0.1) is 0 Å². The smallest absolute Gasteiger partial charge is 0.274 e. The average molecular weight is 396 g/mol. The topological polar surface area (TPSA) is 96.0 Å². The van der Waals surface area contributed by atoms with Crippen molar-refractivity contribution in [2.75, 3.05) is 16.0 Å². The number of amides is 2. The molecule has 0 aliphatic rings. The Morgan fingerprint density at radius 2 is 1.57 bits per heavy atom. The van der Waals surface area contributed by atoms with Gasteiger partial charge in [-0.25, -0.2) is 9.97 Å². The molecule has 0 aliphatic carbocycles. The van der Waals surface area contributed by atoms with Gasteiger partial charge in [-0.15, -0.1) is 0 Å². The number of benzene rings is 2. The standard InChI is InChI=1S/C20H18ClN5O2/c1-12-10-18(26-20(22-12)25-17-5-3-4-14(21)11-17)19(28)24-16-8-6-15(7-9-16)23-13(2)27/h3-11H,1-2H3,(H,23,27)(H,24,28)(H,22,25,26). The molecule has 0 saturated carbocycles. The largest absolute Gasteiger partial charge is 0.326 e. The zero-order valence-corrected chi connectivity index (χ0v) is 16.0. The number of aryl methyl sites for hydroxylation is 1. The summed E-state index contributed by atoms with van der Waals surface area (Å²) in [6, 6.07) is 15.5. The zero-order chi connectivity index (χ0) is 20.1.